The molecule has 6 nitrogen and oxygen atoms in total. The van der Waals surface area contributed by atoms with Gasteiger partial charge in [0.25, 0.3) is 5.91 Å². The summed E-state index contributed by atoms with van der Waals surface area (Å²) in [4.78, 5) is 34.7. The summed E-state index contributed by atoms with van der Waals surface area (Å²) in [6.07, 6.45) is 0.726. The van der Waals surface area contributed by atoms with E-state index < -0.39 is 24.5 Å². The summed E-state index contributed by atoms with van der Waals surface area (Å²) in [5, 5.41) is 5.07. The topological polar surface area (TPSA) is 84.5 Å². The highest BCUT2D eigenvalue weighted by Gasteiger charge is 2.16. The minimum atomic E-state index is -0.801. The Morgan fingerprint density at radius 1 is 1.27 bits per heavy atom. The predicted octanol–water partition coefficient (Wildman–Crippen LogP) is 2.77. The molecule has 0 heterocycles. The lowest BCUT2D eigenvalue weighted by Gasteiger charge is -2.12. The fraction of sp³-hybridized carbons (Fsp3) is 0.357. The molecule has 0 spiro atoms. The van der Waals surface area contributed by atoms with Crippen molar-refractivity contribution in [1.82, 2.24) is 10.6 Å². The summed E-state index contributed by atoms with van der Waals surface area (Å²) in [6, 6.07) is 3.59. The Morgan fingerprint density at radius 3 is 2.59 bits per heavy atom. The first kappa shape index (κ1) is 18.3. The van der Waals surface area contributed by atoms with Crippen molar-refractivity contribution in [3.63, 3.8) is 0 Å². The van der Waals surface area contributed by atoms with Crippen LogP contribution in [0.4, 0.5) is 4.79 Å². The van der Waals surface area contributed by atoms with Crippen LogP contribution >= 0.6 is 23.2 Å². The molecular weight excluding hydrogens is 331 g/mol. The van der Waals surface area contributed by atoms with E-state index in [1.807, 2.05) is 6.92 Å². The van der Waals surface area contributed by atoms with Crippen LogP contribution in [-0.2, 0) is 9.53 Å². The summed E-state index contributed by atoms with van der Waals surface area (Å²) < 4.78 is 4.78. The van der Waals surface area contributed by atoms with E-state index in [1.165, 1.54) is 18.2 Å². The molecule has 8 heteroatoms. The third kappa shape index (κ3) is 5.91. The molecule has 0 aliphatic carbocycles. The third-order valence-corrected chi connectivity index (χ3v) is 3.29. The molecule has 0 aliphatic heterocycles. The van der Waals surface area contributed by atoms with Gasteiger partial charge in [0.2, 0.25) is 0 Å². The summed E-state index contributed by atoms with van der Waals surface area (Å²) in [7, 11) is 0. The number of rotatable bonds is 5. The minimum Gasteiger partial charge on any atom is -0.452 e. The van der Waals surface area contributed by atoms with Crippen molar-refractivity contribution >= 4 is 41.1 Å². The Labute approximate surface area is 138 Å². The quantitative estimate of drug-likeness (QED) is 0.802. The highest BCUT2D eigenvalue weighted by molar-refractivity contribution is 6.35. The molecule has 120 valence electrons. The molecule has 3 amide bonds. The van der Waals surface area contributed by atoms with Gasteiger partial charge in [-0.2, -0.15) is 0 Å². The standard InChI is InChI=1S/C14H16Cl2N2O4/c1-3-8(2)17-14(21)18-12(19)7-22-13(20)10-6-9(15)4-5-11(10)16/h4-6,8H,3,7H2,1-2H3,(H2,17,18,19,21)/t8-/m1/s1. The number of benzene rings is 1. The van der Waals surface area contributed by atoms with Crippen LogP contribution in [0.1, 0.15) is 30.6 Å². The monoisotopic (exact) mass is 346 g/mol. The number of urea groups is 1. The number of hydrogen-bond donors (Lipinski definition) is 2. The molecule has 0 unspecified atom stereocenters. The first-order chi connectivity index (χ1) is 10.3. The van der Waals surface area contributed by atoms with Crippen LogP contribution in [0.2, 0.25) is 10.0 Å². The smallest absolute Gasteiger partial charge is 0.340 e. The minimum absolute atomic E-state index is 0.0472. The van der Waals surface area contributed by atoms with Crippen molar-refractivity contribution < 1.29 is 19.1 Å². The van der Waals surface area contributed by atoms with Crippen LogP contribution in [0.5, 0.6) is 0 Å². The molecule has 0 aromatic heterocycles. The molecule has 0 bridgehead atoms. The lowest BCUT2D eigenvalue weighted by molar-refractivity contribution is -0.123. The van der Waals surface area contributed by atoms with Gasteiger partial charge in [0, 0.05) is 11.1 Å². The van der Waals surface area contributed by atoms with Crippen molar-refractivity contribution in [3.05, 3.63) is 33.8 Å². The summed E-state index contributed by atoms with van der Waals surface area (Å²) in [5.41, 5.74) is 0.0472. The highest BCUT2D eigenvalue weighted by Crippen LogP contribution is 2.21. The van der Waals surface area contributed by atoms with Crippen molar-refractivity contribution in [3.8, 4) is 0 Å². The van der Waals surface area contributed by atoms with Gasteiger partial charge in [0.15, 0.2) is 6.61 Å². The number of imide groups is 1. The maximum absolute atomic E-state index is 11.8. The van der Waals surface area contributed by atoms with E-state index in [2.05, 4.69) is 10.6 Å². The van der Waals surface area contributed by atoms with Gasteiger partial charge >= 0.3 is 12.0 Å². The summed E-state index contributed by atoms with van der Waals surface area (Å²) in [5.74, 6) is -1.54. The number of esters is 1. The maximum Gasteiger partial charge on any atom is 0.340 e. The molecule has 2 N–H and O–H groups in total. The SMILES string of the molecule is CC[C@@H](C)NC(=O)NC(=O)COC(=O)c1cc(Cl)ccc1Cl. The van der Waals surface area contributed by atoms with E-state index in [4.69, 9.17) is 27.9 Å². The van der Waals surface area contributed by atoms with Crippen molar-refractivity contribution in [2.45, 2.75) is 26.3 Å². The Hall–Kier alpha value is -1.79. The largest absolute Gasteiger partial charge is 0.452 e. The maximum atomic E-state index is 11.8. The van der Waals surface area contributed by atoms with E-state index in [1.54, 1.807) is 6.92 Å². The Kier molecular flexibility index (Phi) is 7.14. The van der Waals surface area contributed by atoms with Gasteiger partial charge in [0.1, 0.15) is 0 Å². The van der Waals surface area contributed by atoms with Gasteiger partial charge in [-0.05, 0) is 31.5 Å². The predicted molar refractivity (Wildman–Crippen MR) is 83.2 cm³/mol. The molecule has 0 fully saturated rings. The highest BCUT2D eigenvalue weighted by atomic mass is 35.5. The number of carbonyl (C=O) groups excluding carboxylic acids is 3. The molecule has 0 saturated heterocycles. The zero-order valence-electron chi connectivity index (χ0n) is 12.1. The number of ether oxygens (including phenoxy) is 1. The van der Waals surface area contributed by atoms with E-state index in [0.29, 0.717) is 5.02 Å². The molecule has 0 saturated carbocycles. The zero-order valence-corrected chi connectivity index (χ0v) is 13.6. The van der Waals surface area contributed by atoms with E-state index in [0.717, 1.165) is 6.42 Å². The van der Waals surface area contributed by atoms with Crippen LogP contribution in [0, 0.1) is 0 Å². The van der Waals surface area contributed by atoms with Crippen molar-refractivity contribution in [2.75, 3.05) is 6.61 Å². The zero-order chi connectivity index (χ0) is 16.7. The van der Waals surface area contributed by atoms with Gasteiger partial charge in [-0.1, -0.05) is 30.1 Å². The average Bonchev–Trinajstić information content (AvgIpc) is 2.46. The summed E-state index contributed by atoms with van der Waals surface area (Å²) in [6.45, 7) is 3.09. The Morgan fingerprint density at radius 2 is 1.95 bits per heavy atom. The van der Waals surface area contributed by atoms with Gasteiger partial charge in [0.05, 0.1) is 10.6 Å². The molecule has 1 rings (SSSR count). The first-order valence-corrected chi connectivity index (χ1v) is 7.31. The lowest BCUT2D eigenvalue weighted by atomic mass is 10.2. The lowest BCUT2D eigenvalue weighted by Crippen LogP contribution is -2.44. The Balaban J connectivity index is 2.48. The molecule has 22 heavy (non-hydrogen) atoms. The Bertz CT molecular complexity index is 578. The van der Waals surface area contributed by atoms with Crippen LogP contribution < -0.4 is 10.6 Å². The van der Waals surface area contributed by atoms with Crippen LogP contribution in [0.15, 0.2) is 18.2 Å². The number of carbonyl (C=O) groups is 3. The number of hydrogen-bond acceptors (Lipinski definition) is 4. The molecule has 0 radical (unpaired) electrons. The summed E-state index contributed by atoms with van der Waals surface area (Å²) >= 11 is 11.6. The van der Waals surface area contributed by atoms with Gasteiger partial charge < -0.3 is 10.1 Å². The normalized spacial score (nSPS) is 11.5. The second-order valence-corrected chi connectivity index (χ2v) is 5.37. The molecule has 1 atom stereocenters. The van der Waals surface area contributed by atoms with Crippen LogP contribution in [-0.4, -0.2) is 30.6 Å². The fourth-order valence-electron chi connectivity index (χ4n) is 1.39. The molecule has 1 aromatic rings. The van der Waals surface area contributed by atoms with Crippen LogP contribution in [0.3, 0.4) is 0 Å². The second kappa shape index (κ2) is 8.60. The number of nitrogens with one attached hydrogen (secondary N) is 2. The number of amides is 3. The van der Waals surface area contributed by atoms with Crippen molar-refractivity contribution in [1.29, 1.82) is 0 Å². The van der Waals surface area contributed by atoms with Gasteiger partial charge in [-0.25, -0.2) is 9.59 Å². The van der Waals surface area contributed by atoms with E-state index in [9.17, 15) is 14.4 Å². The first-order valence-electron chi connectivity index (χ1n) is 6.56. The number of halogens is 2. The molecular formula is C14H16Cl2N2O4. The molecule has 1 aromatic carbocycles. The average molecular weight is 347 g/mol. The fourth-order valence-corrected chi connectivity index (χ4v) is 1.75. The van der Waals surface area contributed by atoms with E-state index >= 15 is 0 Å². The van der Waals surface area contributed by atoms with E-state index in [-0.39, 0.29) is 16.6 Å². The van der Waals surface area contributed by atoms with Crippen LogP contribution in [0.25, 0.3) is 0 Å². The van der Waals surface area contributed by atoms with Gasteiger partial charge in [-0.15, -0.1) is 0 Å². The van der Waals surface area contributed by atoms with Crippen molar-refractivity contribution in [2.24, 2.45) is 0 Å². The second-order valence-electron chi connectivity index (χ2n) is 4.53. The third-order valence-electron chi connectivity index (χ3n) is 2.73. The van der Waals surface area contributed by atoms with Gasteiger partial charge in [-0.3, -0.25) is 10.1 Å². The molecule has 0 aliphatic rings.